The zero-order valence-electron chi connectivity index (χ0n) is 15.5. The van der Waals surface area contributed by atoms with Gasteiger partial charge in [-0.2, -0.15) is 0 Å². The monoisotopic (exact) mass is 408 g/mol. The summed E-state index contributed by atoms with van der Waals surface area (Å²) in [6, 6.07) is 3.96. The molecule has 1 aromatic carbocycles. The summed E-state index contributed by atoms with van der Waals surface area (Å²) in [6.45, 7) is 3.04. The van der Waals surface area contributed by atoms with E-state index in [2.05, 4.69) is 15.4 Å². The second kappa shape index (κ2) is 6.87. The number of ether oxygens (including phenoxy) is 1. The average Bonchev–Trinajstić information content (AvgIpc) is 3.18. The third-order valence-electron chi connectivity index (χ3n) is 5.11. The number of fused-ring (bicyclic) bond motifs is 2. The molecule has 2 aliphatic rings. The quantitative estimate of drug-likeness (QED) is 0.688. The molecule has 0 saturated carbocycles. The van der Waals surface area contributed by atoms with E-state index in [0.717, 1.165) is 0 Å². The van der Waals surface area contributed by atoms with E-state index in [1.807, 2.05) is 0 Å². The largest absolute Gasteiger partial charge is 0.489 e. The van der Waals surface area contributed by atoms with Crippen LogP contribution < -0.4 is 20.1 Å². The Hall–Kier alpha value is -2.43. The zero-order valence-corrected chi connectivity index (χ0v) is 16.3. The summed E-state index contributed by atoms with van der Waals surface area (Å²) in [4.78, 5) is 12.8. The third-order valence-corrected chi connectivity index (χ3v) is 6.59. The van der Waals surface area contributed by atoms with Crippen molar-refractivity contribution < 1.29 is 22.3 Å². The number of aryl methyl sites for hydroxylation is 2. The second-order valence-electron chi connectivity index (χ2n) is 7.16. The fourth-order valence-electron chi connectivity index (χ4n) is 3.58. The molecular weight excluding hydrogens is 387 g/mol. The predicted octanol–water partition coefficient (Wildman–Crippen LogP) is 0.984. The van der Waals surface area contributed by atoms with Crippen molar-refractivity contribution in [2.75, 3.05) is 25.0 Å². The molecule has 8 nitrogen and oxygen atoms in total. The third kappa shape index (κ3) is 3.27. The van der Waals surface area contributed by atoms with Gasteiger partial charge >= 0.3 is 0 Å². The highest BCUT2D eigenvalue weighted by atomic mass is 32.2. The number of anilines is 1. The van der Waals surface area contributed by atoms with Crippen LogP contribution in [0.25, 0.3) is 0 Å². The number of carbonyl (C=O) groups excluding carboxylic acids is 1. The van der Waals surface area contributed by atoms with E-state index in [1.165, 1.54) is 29.0 Å². The summed E-state index contributed by atoms with van der Waals surface area (Å²) < 4.78 is 49.0. The van der Waals surface area contributed by atoms with Gasteiger partial charge in [0, 0.05) is 44.0 Å². The van der Waals surface area contributed by atoms with Gasteiger partial charge in [0.25, 0.3) is 5.91 Å². The first kappa shape index (κ1) is 18.9. The lowest BCUT2D eigenvalue weighted by Gasteiger charge is -2.24. The van der Waals surface area contributed by atoms with Crippen molar-refractivity contribution >= 4 is 21.6 Å². The highest BCUT2D eigenvalue weighted by molar-refractivity contribution is 7.89. The van der Waals surface area contributed by atoms with Crippen LogP contribution in [0.3, 0.4) is 0 Å². The smallest absolute Gasteiger partial charge is 0.276 e. The van der Waals surface area contributed by atoms with Gasteiger partial charge in [-0.1, -0.05) is 0 Å². The summed E-state index contributed by atoms with van der Waals surface area (Å²) in [5, 5.41) is 5.82. The lowest BCUT2D eigenvalue weighted by molar-refractivity contribution is 0.101. The van der Waals surface area contributed by atoms with E-state index in [1.54, 1.807) is 14.0 Å². The number of amides is 1. The van der Waals surface area contributed by atoms with E-state index < -0.39 is 15.9 Å². The van der Waals surface area contributed by atoms with Crippen molar-refractivity contribution in [1.82, 2.24) is 14.6 Å². The number of aromatic nitrogens is 1. The summed E-state index contributed by atoms with van der Waals surface area (Å²) >= 11 is 0. The van der Waals surface area contributed by atoms with Gasteiger partial charge in [-0.3, -0.25) is 4.79 Å². The van der Waals surface area contributed by atoms with Gasteiger partial charge in [0.2, 0.25) is 10.0 Å². The SMILES string of the molecule is Cc1cc(NC(=O)c2c3c(cn2C)S(=O)(=O)N[C@H]2CNC[C@H]2CO3)ccc1F. The van der Waals surface area contributed by atoms with Crippen LogP contribution in [0, 0.1) is 18.7 Å². The molecule has 0 spiro atoms. The van der Waals surface area contributed by atoms with Crippen molar-refractivity contribution in [1.29, 1.82) is 0 Å². The molecule has 28 heavy (non-hydrogen) atoms. The molecule has 2 aliphatic heterocycles. The second-order valence-corrected chi connectivity index (χ2v) is 8.84. The number of carbonyl (C=O) groups is 1. The normalized spacial score (nSPS) is 23.1. The van der Waals surface area contributed by atoms with Gasteiger partial charge < -0.3 is 19.9 Å². The van der Waals surface area contributed by atoms with Crippen LogP contribution in [0.2, 0.25) is 0 Å². The molecule has 3 heterocycles. The van der Waals surface area contributed by atoms with Crippen LogP contribution in [0.5, 0.6) is 5.75 Å². The van der Waals surface area contributed by atoms with Crippen LogP contribution in [-0.4, -0.2) is 44.6 Å². The molecule has 4 rings (SSSR count). The van der Waals surface area contributed by atoms with Gasteiger partial charge in [-0.25, -0.2) is 17.5 Å². The Bertz CT molecular complexity index is 1050. The molecular formula is C18H21FN4O4S. The fourth-order valence-corrected chi connectivity index (χ4v) is 5.08. The maximum absolute atomic E-state index is 13.5. The topological polar surface area (TPSA) is 101 Å². The van der Waals surface area contributed by atoms with Crippen LogP contribution in [0.1, 0.15) is 16.1 Å². The summed E-state index contributed by atoms with van der Waals surface area (Å²) in [6.07, 6.45) is 1.37. The first-order valence-corrected chi connectivity index (χ1v) is 10.4. The minimum absolute atomic E-state index is 0.0247. The first-order valence-electron chi connectivity index (χ1n) is 8.89. The number of benzene rings is 1. The first-order chi connectivity index (χ1) is 13.3. The predicted molar refractivity (Wildman–Crippen MR) is 100 cm³/mol. The fraction of sp³-hybridized carbons (Fsp3) is 0.389. The molecule has 2 aromatic rings. The number of hydrogen-bond acceptors (Lipinski definition) is 5. The van der Waals surface area contributed by atoms with Crippen LogP contribution in [0.4, 0.5) is 10.1 Å². The van der Waals surface area contributed by atoms with Crippen LogP contribution >= 0.6 is 0 Å². The number of rotatable bonds is 2. The van der Waals surface area contributed by atoms with Crippen molar-refractivity contribution in [2.24, 2.45) is 13.0 Å². The minimum atomic E-state index is -3.84. The molecule has 1 fully saturated rings. The standard InChI is InChI=1S/C18H21FN4O4S/c1-10-5-12(3-4-13(10)19)21-18(24)16-17-15(8-23(16)2)28(25,26)22-14-7-20-6-11(14)9-27-17/h3-5,8,11,14,20,22H,6-7,9H2,1-2H3,(H,21,24)/t11-,14-/m0/s1. The Morgan fingerprint density at radius 2 is 2.14 bits per heavy atom. The Balaban J connectivity index is 1.70. The summed E-state index contributed by atoms with van der Waals surface area (Å²) in [5.41, 5.74) is 0.889. The van der Waals surface area contributed by atoms with Crippen LogP contribution in [0.15, 0.2) is 29.3 Å². The van der Waals surface area contributed by atoms with Gasteiger partial charge in [0.05, 0.1) is 6.61 Å². The molecule has 1 saturated heterocycles. The van der Waals surface area contributed by atoms with Crippen molar-refractivity contribution in [3.63, 3.8) is 0 Å². The molecule has 0 bridgehead atoms. The Morgan fingerprint density at radius 1 is 1.36 bits per heavy atom. The number of nitrogens with one attached hydrogen (secondary N) is 3. The maximum Gasteiger partial charge on any atom is 0.276 e. The molecule has 2 atom stereocenters. The van der Waals surface area contributed by atoms with Gasteiger partial charge in [0.1, 0.15) is 10.7 Å². The van der Waals surface area contributed by atoms with E-state index in [-0.39, 0.29) is 40.7 Å². The lowest BCUT2D eigenvalue weighted by atomic mass is 10.1. The van der Waals surface area contributed by atoms with E-state index in [9.17, 15) is 17.6 Å². The van der Waals surface area contributed by atoms with Crippen molar-refractivity contribution in [3.8, 4) is 5.75 Å². The van der Waals surface area contributed by atoms with Gasteiger partial charge in [0.15, 0.2) is 11.4 Å². The van der Waals surface area contributed by atoms with Crippen molar-refractivity contribution in [3.05, 3.63) is 41.5 Å². The number of nitrogens with zero attached hydrogens (tertiary/aromatic N) is 1. The number of halogens is 1. The van der Waals surface area contributed by atoms with Crippen LogP contribution in [-0.2, 0) is 17.1 Å². The number of hydrogen-bond donors (Lipinski definition) is 3. The summed E-state index contributed by atoms with van der Waals surface area (Å²) in [7, 11) is -2.26. The molecule has 10 heteroatoms. The highest BCUT2D eigenvalue weighted by Gasteiger charge is 2.38. The minimum Gasteiger partial charge on any atom is -0.489 e. The zero-order chi connectivity index (χ0) is 20.1. The Labute approximate surface area is 162 Å². The Kier molecular flexibility index (Phi) is 4.64. The molecule has 1 aromatic heterocycles. The van der Waals surface area contributed by atoms with E-state index in [0.29, 0.717) is 24.3 Å². The molecule has 0 unspecified atom stereocenters. The summed E-state index contributed by atoms with van der Waals surface area (Å²) in [5.74, 6) is -0.913. The van der Waals surface area contributed by atoms with Gasteiger partial charge in [-0.05, 0) is 30.7 Å². The average molecular weight is 408 g/mol. The highest BCUT2D eigenvalue weighted by Crippen LogP contribution is 2.33. The Morgan fingerprint density at radius 3 is 2.89 bits per heavy atom. The lowest BCUT2D eigenvalue weighted by Crippen LogP contribution is -2.43. The molecule has 3 N–H and O–H groups in total. The molecule has 0 aliphatic carbocycles. The van der Waals surface area contributed by atoms with E-state index in [4.69, 9.17) is 4.74 Å². The molecule has 0 radical (unpaired) electrons. The van der Waals surface area contributed by atoms with E-state index >= 15 is 0 Å². The maximum atomic E-state index is 13.5. The van der Waals surface area contributed by atoms with Gasteiger partial charge in [-0.15, -0.1) is 0 Å². The molecule has 1 amide bonds. The number of sulfonamides is 1. The van der Waals surface area contributed by atoms with Crippen molar-refractivity contribution in [2.45, 2.75) is 17.9 Å². The molecule has 150 valence electrons.